The van der Waals surface area contributed by atoms with E-state index >= 15 is 0 Å². The van der Waals surface area contributed by atoms with Crippen LogP contribution in [-0.2, 0) is 15.7 Å². The molecule has 1 spiro atoms. The lowest BCUT2D eigenvalue weighted by molar-refractivity contribution is -0.225. The summed E-state index contributed by atoms with van der Waals surface area (Å²) in [6, 6.07) is 4.05. The minimum Gasteiger partial charge on any atom is -0.454 e. The third-order valence-electron chi connectivity index (χ3n) is 5.89. The highest BCUT2D eigenvalue weighted by Crippen LogP contribution is 2.57. The van der Waals surface area contributed by atoms with Gasteiger partial charge in [0.25, 0.3) is 5.89 Å². The third kappa shape index (κ3) is 4.12. The smallest absolute Gasteiger partial charge is 0.454 e. The SMILES string of the molecule is O=C(OC1C(c2noc(-c3ccc(C(F)(F)F)cc3)n2)CC12CCNCC2)C(F)(F)F. The number of nitrogens with one attached hydrogen (secondary N) is 1. The molecule has 12 heteroatoms. The summed E-state index contributed by atoms with van der Waals surface area (Å²) < 4.78 is 86.4. The zero-order chi connectivity index (χ0) is 22.4. The molecule has 1 aromatic carbocycles. The number of piperidine rings is 1. The Bertz CT molecular complexity index is 948. The number of aromatic nitrogens is 2. The fraction of sp³-hybridized carbons (Fsp3) is 0.526. The van der Waals surface area contributed by atoms with Crippen molar-refractivity contribution >= 4 is 5.97 Å². The lowest BCUT2D eigenvalue weighted by atomic mass is 9.55. The van der Waals surface area contributed by atoms with Crippen molar-refractivity contribution in [2.75, 3.05) is 13.1 Å². The number of carbonyl (C=O) groups is 1. The first-order valence-electron chi connectivity index (χ1n) is 9.49. The van der Waals surface area contributed by atoms with Gasteiger partial charge in [-0.3, -0.25) is 0 Å². The second-order valence-corrected chi connectivity index (χ2v) is 7.78. The Labute approximate surface area is 171 Å². The van der Waals surface area contributed by atoms with E-state index in [-0.39, 0.29) is 17.3 Å². The number of nitrogens with zero attached hydrogens (tertiary/aromatic N) is 2. The van der Waals surface area contributed by atoms with Gasteiger partial charge in [0.1, 0.15) is 6.10 Å². The summed E-state index contributed by atoms with van der Waals surface area (Å²) in [6.45, 7) is 1.16. The molecular formula is C19H17F6N3O3. The fourth-order valence-electron chi connectivity index (χ4n) is 4.26. The molecule has 2 aliphatic rings. The van der Waals surface area contributed by atoms with Crippen molar-refractivity contribution in [1.29, 1.82) is 0 Å². The lowest BCUT2D eigenvalue weighted by Gasteiger charge is -2.55. The van der Waals surface area contributed by atoms with E-state index in [1.807, 2.05) is 0 Å². The Kier molecular flexibility index (Phi) is 5.23. The van der Waals surface area contributed by atoms with Gasteiger partial charge in [-0.2, -0.15) is 31.3 Å². The van der Waals surface area contributed by atoms with Crippen LogP contribution >= 0.6 is 0 Å². The van der Waals surface area contributed by atoms with Gasteiger partial charge in [-0.1, -0.05) is 5.16 Å². The number of carbonyl (C=O) groups excluding carboxylic acids is 1. The maximum atomic E-state index is 12.8. The van der Waals surface area contributed by atoms with E-state index in [2.05, 4.69) is 15.5 Å². The predicted octanol–water partition coefficient (Wildman–Crippen LogP) is 4.09. The Hall–Kier alpha value is -2.63. The van der Waals surface area contributed by atoms with Crippen LogP contribution in [0.3, 0.4) is 0 Å². The Morgan fingerprint density at radius 3 is 2.32 bits per heavy atom. The Morgan fingerprint density at radius 1 is 1.10 bits per heavy atom. The van der Waals surface area contributed by atoms with Crippen molar-refractivity contribution in [1.82, 2.24) is 15.5 Å². The summed E-state index contributed by atoms with van der Waals surface area (Å²) in [7, 11) is 0. The average molecular weight is 449 g/mol. The van der Waals surface area contributed by atoms with Crippen molar-refractivity contribution in [3.63, 3.8) is 0 Å². The molecule has 1 aromatic heterocycles. The Balaban J connectivity index is 1.56. The molecule has 168 valence electrons. The van der Waals surface area contributed by atoms with Crippen molar-refractivity contribution in [3.8, 4) is 11.5 Å². The molecule has 1 aliphatic heterocycles. The molecular weight excluding hydrogens is 432 g/mol. The summed E-state index contributed by atoms with van der Waals surface area (Å²) in [4.78, 5) is 15.6. The average Bonchev–Trinajstić information content (AvgIpc) is 3.19. The molecule has 0 radical (unpaired) electrons. The van der Waals surface area contributed by atoms with Crippen LogP contribution in [0.25, 0.3) is 11.5 Å². The lowest BCUT2D eigenvalue weighted by Crippen LogP contribution is -2.58. The summed E-state index contributed by atoms with van der Waals surface area (Å²) in [6.07, 6.45) is -9.22. The van der Waals surface area contributed by atoms with Gasteiger partial charge in [-0.05, 0) is 56.6 Å². The molecule has 0 amide bonds. The molecule has 6 nitrogen and oxygen atoms in total. The zero-order valence-electron chi connectivity index (χ0n) is 15.9. The van der Waals surface area contributed by atoms with E-state index in [4.69, 9.17) is 9.26 Å². The number of ether oxygens (including phenoxy) is 1. The zero-order valence-corrected chi connectivity index (χ0v) is 15.9. The first-order chi connectivity index (χ1) is 14.5. The quantitative estimate of drug-likeness (QED) is 0.562. The summed E-state index contributed by atoms with van der Waals surface area (Å²) in [5, 5.41) is 6.90. The van der Waals surface area contributed by atoms with Gasteiger partial charge in [-0.25, -0.2) is 4.79 Å². The standard InChI is InChI=1S/C19H17F6N3O3/c20-18(21,22)11-3-1-10(2-4-11)15-27-14(28-31-15)12-9-17(5-7-26-8-6-17)13(12)30-16(29)19(23,24)25/h1-4,12-13,26H,5-9H2. The number of halogens is 6. The molecule has 2 atom stereocenters. The van der Waals surface area contributed by atoms with Gasteiger partial charge >= 0.3 is 18.3 Å². The molecule has 1 aliphatic carbocycles. The van der Waals surface area contributed by atoms with Gasteiger partial charge < -0.3 is 14.6 Å². The van der Waals surface area contributed by atoms with Gasteiger partial charge in [-0.15, -0.1) is 0 Å². The van der Waals surface area contributed by atoms with E-state index in [0.717, 1.165) is 24.3 Å². The van der Waals surface area contributed by atoms with Crippen LogP contribution in [0.5, 0.6) is 0 Å². The molecule has 1 saturated heterocycles. The van der Waals surface area contributed by atoms with Gasteiger partial charge in [0, 0.05) is 11.0 Å². The van der Waals surface area contributed by atoms with Crippen molar-refractivity contribution in [2.24, 2.45) is 5.41 Å². The minimum atomic E-state index is -5.13. The van der Waals surface area contributed by atoms with Crippen molar-refractivity contribution in [2.45, 2.75) is 43.6 Å². The number of esters is 1. The molecule has 31 heavy (non-hydrogen) atoms. The molecule has 2 heterocycles. The van der Waals surface area contributed by atoms with Crippen LogP contribution < -0.4 is 5.32 Å². The van der Waals surface area contributed by atoms with Crippen LogP contribution in [0, 0.1) is 5.41 Å². The van der Waals surface area contributed by atoms with E-state index in [1.165, 1.54) is 0 Å². The Morgan fingerprint density at radius 2 is 1.74 bits per heavy atom. The second kappa shape index (κ2) is 7.50. The van der Waals surface area contributed by atoms with Crippen molar-refractivity contribution in [3.05, 3.63) is 35.7 Å². The number of hydrogen-bond acceptors (Lipinski definition) is 6. The highest BCUT2D eigenvalue weighted by atomic mass is 19.4. The van der Waals surface area contributed by atoms with Crippen LogP contribution in [-0.4, -0.2) is 41.5 Å². The molecule has 2 aromatic rings. The van der Waals surface area contributed by atoms with Crippen LogP contribution in [0.2, 0.25) is 0 Å². The normalized spacial score (nSPS) is 23.4. The molecule has 1 saturated carbocycles. The van der Waals surface area contributed by atoms with Crippen molar-refractivity contribution < 1.29 is 40.4 Å². The largest absolute Gasteiger partial charge is 0.490 e. The van der Waals surface area contributed by atoms with Gasteiger partial charge in [0.2, 0.25) is 0 Å². The minimum absolute atomic E-state index is 0.0547. The summed E-state index contributed by atoms with van der Waals surface area (Å²) >= 11 is 0. The maximum Gasteiger partial charge on any atom is 0.490 e. The van der Waals surface area contributed by atoms with Crippen LogP contribution in [0.15, 0.2) is 28.8 Å². The van der Waals surface area contributed by atoms with Gasteiger partial charge in [0.15, 0.2) is 5.82 Å². The number of benzene rings is 1. The molecule has 0 bridgehead atoms. The monoisotopic (exact) mass is 449 g/mol. The van der Waals surface area contributed by atoms with E-state index < -0.39 is 41.3 Å². The highest BCUT2D eigenvalue weighted by molar-refractivity contribution is 5.76. The number of rotatable bonds is 3. The van der Waals surface area contributed by atoms with Crippen LogP contribution in [0.1, 0.15) is 36.6 Å². The topological polar surface area (TPSA) is 77.2 Å². The first kappa shape index (κ1) is 21.6. The molecule has 4 rings (SSSR count). The highest BCUT2D eigenvalue weighted by Gasteiger charge is 2.60. The van der Waals surface area contributed by atoms with E-state index in [0.29, 0.717) is 32.4 Å². The third-order valence-corrected chi connectivity index (χ3v) is 5.89. The molecule has 2 fully saturated rings. The number of hydrogen-bond donors (Lipinski definition) is 1. The predicted molar refractivity (Wildman–Crippen MR) is 92.6 cm³/mol. The first-order valence-corrected chi connectivity index (χ1v) is 9.49. The fourth-order valence-corrected chi connectivity index (χ4v) is 4.26. The molecule has 1 N–H and O–H groups in total. The molecule has 2 unspecified atom stereocenters. The van der Waals surface area contributed by atoms with Crippen LogP contribution in [0.4, 0.5) is 26.3 Å². The van der Waals surface area contributed by atoms with E-state index in [1.54, 1.807) is 0 Å². The second-order valence-electron chi connectivity index (χ2n) is 7.78. The summed E-state index contributed by atoms with van der Waals surface area (Å²) in [5.74, 6) is -2.99. The van der Waals surface area contributed by atoms with E-state index in [9.17, 15) is 31.1 Å². The number of alkyl halides is 6. The maximum absolute atomic E-state index is 12.8. The summed E-state index contributed by atoms with van der Waals surface area (Å²) in [5.41, 5.74) is -1.22. The van der Waals surface area contributed by atoms with Gasteiger partial charge in [0.05, 0.1) is 11.5 Å².